The molecule has 0 spiro atoms. The Morgan fingerprint density at radius 3 is 2.85 bits per heavy atom. The number of carbonyl (C=O) groups is 2. The van der Waals surface area contributed by atoms with Crippen molar-refractivity contribution in [2.45, 2.75) is 26.2 Å². The third-order valence-corrected chi connectivity index (χ3v) is 3.07. The van der Waals surface area contributed by atoms with E-state index in [9.17, 15) is 9.59 Å². The molecule has 72 valence electrons. The Hall–Kier alpha value is -0.570. The van der Waals surface area contributed by atoms with Crippen LogP contribution in [0.1, 0.15) is 26.2 Å². The van der Waals surface area contributed by atoms with Gasteiger partial charge in [0.1, 0.15) is 0 Å². The van der Waals surface area contributed by atoms with Crippen LogP contribution in [-0.2, 0) is 9.59 Å². The lowest BCUT2D eigenvalue weighted by Crippen LogP contribution is -2.05. The van der Waals surface area contributed by atoms with Crippen LogP contribution >= 0.6 is 11.8 Å². The number of carbonyl (C=O) groups excluding carboxylic acids is 2. The average Bonchev–Trinajstić information content (AvgIpc) is 2.37. The van der Waals surface area contributed by atoms with E-state index in [4.69, 9.17) is 0 Å². The summed E-state index contributed by atoms with van der Waals surface area (Å²) < 4.78 is 0. The maximum Gasteiger partial charge on any atom is 0.189 e. The van der Waals surface area contributed by atoms with E-state index in [-0.39, 0.29) is 16.8 Å². The molecular formula is C10H14O2S. The predicted molar refractivity (Wildman–Crippen MR) is 54.6 cm³/mol. The molecule has 0 heterocycles. The molecule has 0 aromatic heterocycles. The smallest absolute Gasteiger partial charge is 0.189 e. The predicted octanol–water partition coefficient (Wildman–Crippen LogP) is 2.19. The van der Waals surface area contributed by atoms with E-state index in [2.05, 4.69) is 6.58 Å². The molecule has 1 aliphatic rings. The molecule has 0 unspecified atom stereocenters. The lowest BCUT2D eigenvalue weighted by atomic mass is 10.0. The van der Waals surface area contributed by atoms with Crippen LogP contribution in [-0.4, -0.2) is 16.7 Å². The first-order valence-corrected chi connectivity index (χ1v) is 5.51. The highest BCUT2D eigenvalue weighted by Crippen LogP contribution is 2.30. The fraction of sp³-hybridized carbons (Fsp3) is 0.600. The first kappa shape index (κ1) is 10.5. The number of ketones is 1. The van der Waals surface area contributed by atoms with E-state index >= 15 is 0 Å². The minimum Gasteiger partial charge on any atom is -0.295 e. The van der Waals surface area contributed by atoms with E-state index in [0.29, 0.717) is 18.4 Å². The molecule has 2 nitrogen and oxygen atoms in total. The summed E-state index contributed by atoms with van der Waals surface area (Å²) >= 11 is 1.33. The fourth-order valence-corrected chi connectivity index (χ4v) is 2.16. The quantitative estimate of drug-likeness (QED) is 0.652. The zero-order valence-electron chi connectivity index (χ0n) is 7.84. The molecule has 1 atom stereocenters. The summed E-state index contributed by atoms with van der Waals surface area (Å²) in [5.74, 6) is 1.07. The lowest BCUT2D eigenvalue weighted by molar-refractivity contribution is -0.114. The highest BCUT2D eigenvalue weighted by molar-refractivity contribution is 8.13. The second-order valence-electron chi connectivity index (χ2n) is 3.19. The number of Topliss-reactive ketones (excluding diaryl/α,β-unsaturated/α-hetero) is 1. The molecule has 0 N–H and O–H groups in total. The molecule has 1 rings (SSSR count). The molecule has 0 amide bonds. The summed E-state index contributed by atoms with van der Waals surface area (Å²) in [6.07, 6.45) is 1.88. The Labute approximate surface area is 82.8 Å². The Bertz CT molecular complexity index is 245. The molecule has 1 fully saturated rings. The van der Waals surface area contributed by atoms with Gasteiger partial charge in [-0.1, -0.05) is 25.3 Å². The Kier molecular flexibility index (Phi) is 3.72. The summed E-state index contributed by atoms with van der Waals surface area (Å²) in [6, 6.07) is 0. The van der Waals surface area contributed by atoms with Gasteiger partial charge in [-0.05, 0) is 23.7 Å². The maximum absolute atomic E-state index is 11.3. The lowest BCUT2D eigenvalue weighted by Gasteiger charge is -2.07. The van der Waals surface area contributed by atoms with Crippen molar-refractivity contribution in [1.82, 2.24) is 0 Å². The zero-order chi connectivity index (χ0) is 9.84. The van der Waals surface area contributed by atoms with Gasteiger partial charge in [0.15, 0.2) is 10.9 Å². The van der Waals surface area contributed by atoms with Crippen LogP contribution in [0.4, 0.5) is 0 Å². The third-order valence-electron chi connectivity index (χ3n) is 2.29. The molecule has 13 heavy (non-hydrogen) atoms. The third kappa shape index (κ3) is 2.69. The minimum atomic E-state index is 0.124. The summed E-state index contributed by atoms with van der Waals surface area (Å²) in [5.41, 5.74) is 0.657. The number of rotatable bonds is 3. The molecule has 3 heteroatoms. The summed E-state index contributed by atoms with van der Waals surface area (Å²) in [5, 5.41) is 0.184. The van der Waals surface area contributed by atoms with Gasteiger partial charge in [0.25, 0.3) is 0 Å². The largest absolute Gasteiger partial charge is 0.295 e. The van der Waals surface area contributed by atoms with E-state index in [1.54, 1.807) is 0 Å². The monoisotopic (exact) mass is 198 g/mol. The standard InChI is InChI=1S/C10H14O2S/c1-3-13-10(12)6-8-4-5-9(11)7(8)2/h8H,2-6H2,1H3/t8-/m1/s1. The molecule has 0 aromatic carbocycles. The SMILES string of the molecule is C=C1C(=O)CC[C@@H]1CC(=O)SCC. The first-order chi connectivity index (χ1) is 6.15. The van der Waals surface area contributed by atoms with Crippen molar-refractivity contribution < 1.29 is 9.59 Å². The van der Waals surface area contributed by atoms with Crippen LogP contribution in [0.15, 0.2) is 12.2 Å². The van der Waals surface area contributed by atoms with Gasteiger partial charge in [-0.2, -0.15) is 0 Å². The normalized spacial score (nSPS) is 22.4. The van der Waals surface area contributed by atoms with Gasteiger partial charge in [0.05, 0.1) is 0 Å². The number of allylic oxidation sites excluding steroid dienone is 1. The molecule has 0 aromatic rings. The van der Waals surface area contributed by atoms with Gasteiger partial charge < -0.3 is 0 Å². The Morgan fingerprint density at radius 2 is 2.38 bits per heavy atom. The maximum atomic E-state index is 11.3. The van der Waals surface area contributed by atoms with Crippen LogP contribution in [0.25, 0.3) is 0 Å². The van der Waals surface area contributed by atoms with Gasteiger partial charge in [-0.3, -0.25) is 9.59 Å². The Balaban J connectivity index is 2.42. The molecular weight excluding hydrogens is 184 g/mol. The minimum absolute atomic E-state index is 0.124. The number of thioether (sulfide) groups is 1. The van der Waals surface area contributed by atoms with E-state index in [0.717, 1.165) is 12.2 Å². The first-order valence-electron chi connectivity index (χ1n) is 4.52. The van der Waals surface area contributed by atoms with Crippen LogP contribution in [0.3, 0.4) is 0 Å². The average molecular weight is 198 g/mol. The van der Waals surface area contributed by atoms with Crippen molar-refractivity contribution in [2.75, 3.05) is 5.75 Å². The van der Waals surface area contributed by atoms with Gasteiger partial charge in [0, 0.05) is 12.8 Å². The van der Waals surface area contributed by atoms with Crippen LogP contribution < -0.4 is 0 Å². The molecule has 1 aliphatic carbocycles. The molecule has 0 aliphatic heterocycles. The second kappa shape index (κ2) is 4.61. The van der Waals surface area contributed by atoms with Gasteiger partial charge in [-0.25, -0.2) is 0 Å². The summed E-state index contributed by atoms with van der Waals surface area (Å²) in [7, 11) is 0. The molecule has 1 saturated carbocycles. The van der Waals surface area contributed by atoms with Gasteiger partial charge >= 0.3 is 0 Å². The van der Waals surface area contributed by atoms with Crippen molar-refractivity contribution in [1.29, 1.82) is 0 Å². The summed E-state index contributed by atoms with van der Waals surface area (Å²) in [4.78, 5) is 22.4. The fourth-order valence-electron chi connectivity index (χ4n) is 1.51. The van der Waals surface area contributed by atoms with E-state index < -0.39 is 0 Å². The summed E-state index contributed by atoms with van der Waals surface area (Å²) in [6.45, 7) is 5.67. The van der Waals surface area contributed by atoms with Crippen molar-refractivity contribution >= 4 is 22.7 Å². The molecule has 0 bridgehead atoms. The molecule has 0 saturated heterocycles. The van der Waals surface area contributed by atoms with Crippen LogP contribution in [0.2, 0.25) is 0 Å². The topological polar surface area (TPSA) is 34.1 Å². The Morgan fingerprint density at radius 1 is 1.69 bits per heavy atom. The van der Waals surface area contributed by atoms with Crippen LogP contribution in [0.5, 0.6) is 0 Å². The van der Waals surface area contributed by atoms with Gasteiger partial charge in [0.2, 0.25) is 0 Å². The van der Waals surface area contributed by atoms with Crippen molar-refractivity contribution in [3.05, 3.63) is 12.2 Å². The van der Waals surface area contributed by atoms with Gasteiger partial charge in [-0.15, -0.1) is 0 Å². The van der Waals surface area contributed by atoms with E-state index in [1.165, 1.54) is 11.8 Å². The number of hydrogen-bond donors (Lipinski definition) is 0. The van der Waals surface area contributed by atoms with Crippen LogP contribution in [0, 0.1) is 5.92 Å². The highest BCUT2D eigenvalue weighted by atomic mass is 32.2. The number of hydrogen-bond acceptors (Lipinski definition) is 3. The van der Waals surface area contributed by atoms with Crippen molar-refractivity contribution in [3.8, 4) is 0 Å². The van der Waals surface area contributed by atoms with Crippen molar-refractivity contribution in [3.63, 3.8) is 0 Å². The zero-order valence-corrected chi connectivity index (χ0v) is 8.65. The highest BCUT2D eigenvalue weighted by Gasteiger charge is 2.28. The van der Waals surface area contributed by atoms with Crippen molar-refractivity contribution in [2.24, 2.45) is 5.92 Å². The second-order valence-corrected chi connectivity index (χ2v) is 4.51. The van der Waals surface area contributed by atoms with E-state index in [1.807, 2.05) is 6.92 Å². The molecule has 0 radical (unpaired) electrons.